The molecule has 2 unspecified atom stereocenters. The van der Waals surface area contributed by atoms with Gasteiger partial charge in [-0.1, -0.05) is 12.1 Å². The third-order valence-electron chi connectivity index (χ3n) is 8.31. The number of halogens is 3. The van der Waals surface area contributed by atoms with Crippen LogP contribution < -0.4 is 5.32 Å². The number of nitrogens with zero attached hydrogens (tertiary/aromatic N) is 5. The van der Waals surface area contributed by atoms with E-state index in [1.165, 1.54) is 28.5 Å². The number of carbonyl (C=O) groups excluding carboxylic acids is 1. The highest BCUT2D eigenvalue weighted by molar-refractivity contribution is 7.11. The third kappa shape index (κ3) is 5.80. The maximum Gasteiger partial charge on any atom is 0.338 e. The number of nitrogens with one attached hydrogen (secondary N) is 1. The number of carboxylic acids is 1. The number of rotatable bonds is 9. The molecule has 0 radical (unpaired) electrons. The number of fused-ring (bicyclic) bond motifs is 1. The largest absolute Gasteiger partial charge is 0.481 e. The van der Waals surface area contributed by atoms with Gasteiger partial charge in [-0.15, -0.1) is 11.3 Å². The summed E-state index contributed by atoms with van der Waals surface area (Å²) in [5.41, 5.74) is 0.0174. The zero-order valence-electron chi connectivity index (χ0n) is 24.6. The molecule has 5 rings (SSSR count). The van der Waals surface area contributed by atoms with Crippen molar-refractivity contribution in [1.82, 2.24) is 25.2 Å². The van der Waals surface area contributed by atoms with Gasteiger partial charge >= 0.3 is 11.9 Å². The Morgan fingerprint density at radius 1 is 1.30 bits per heavy atom. The average molecular weight is 621 g/mol. The van der Waals surface area contributed by atoms with Crippen LogP contribution in [-0.2, 0) is 14.3 Å². The van der Waals surface area contributed by atoms with Crippen molar-refractivity contribution in [2.75, 3.05) is 39.8 Å². The molecule has 0 spiro atoms. The minimum absolute atomic E-state index is 0.0482. The first-order valence-corrected chi connectivity index (χ1v) is 14.9. The standard InChI is InChI=1S/C29H35F3N6O4S/c1-6-42-26(39)21-19(34-24(25-33-10-11-43-25)35-22(21)17-8-7-9-18(30)16(17)2)12-37-15-29(31,32)23-20(37)13-38(36(23)5)14-28(3,4)27(40)41/h7-11,20,22-23H,6,12-15H2,1-5H3,(H,34,35)(H,40,41)/t20?,22-,23?/m0/s1. The Hall–Kier alpha value is -3.33. The van der Waals surface area contributed by atoms with Crippen LogP contribution in [0.2, 0.25) is 0 Å². The van der Waals surface area contributed by atoms with Crippen molar-refractivity contribution in [3.8, 4) is 0 Å². The molecule has 10 nitrogen and oxygen atoms in total. The highest BCUT2D eigenvalue weighted by Crippen LogP contribution is 2.43. The van der Waals surface area contributed by atoms with Gasteiger partial charge in [0.2, 0.25) is 0 Å². The van der Waals surface area contributed by atoms with Gasteiger partial charge in [-0.05, 0) is 44.9 Å². The summed E-state index contributed by atoms with van der Waals surface area (Å²) >= 11 is 1.31. The number of likely N-dealkylation sites (tertiary alicyclic amines) is 1. The summed E-state index contributed by atoms with van der Waals surface area (Å²) in [7, 11) is 1.55. The van der Waals surface area contributed by atoms with Crippen LogP contribution in [0.4, 0.5) is 13.2 Å². The normalized spacial score (nSPS) is 24.6. The number of aliphatic carboxylic acids is 1. The number of ether oxygens (including phenoxy) is 1. The van der Waals surface area contributed by atoms with Crippen molar-refractivity contribution in [3.63, 3.8) is 0 Å². The first-order valence-electron chi connectivity index (χ1n) is 14.0. The first kappa shape index (κ1) is 31.1. The Morgan fingerprint density at radius 2 is 2.05 bits per heavy atom. The van der Waals surface area contributed by atoms with Crippen molar-refractivity contribution in [2.24, 2.45) is 10.4 Å². The van der Waals surface area contributed by atoms with Gasteiger partial charge in [0.05, 0.1) is 24.1 Å². The van der Waals surface area contributed by atoms with Gasteiger partial charge < -0.3 is 15.2 Å². The molecular formula is C29H35F3N6O4S. The van der Waals surface area contributed by atoms with E-state index >= 15 is 8.78 Å². The fourth-order valence-corrected chi connectivity index (χ4v) is 6.65. The Labute approximate surface area is 251 Å². The van der Waals surface area contributed by atoms with E-state index in [0.29, 0.717) is 27.7 Å². The number of carboxylic acid groups (broad SMARTS) is 1. The minimum Gasteiger partial charge on any atom is -0.481 e. The van der Waals surface area contributed by atoms with Gasteiger partial charge in [0.1, 0.15) is 17.9 Å². The van der Waals surface area contributed by atoms with E-state index in [4.69, 9.17) is 9.73 Å². The quantitative estimate of drug-likeness (QED) is 0.408. The fraction of sp³-hybridized carbons (Fsp3) is 0.517. The van der Waals surface area contributed by atoms with E-state index in [2.05, 4.69) is 10.3 Å². The predicted molar refractivity (Wildman–Crippen MR) is 154 cm³/mol. The Bertz CT molecular complexity index is 1460. The minimum atomic E-state index is -3.12. The number of carbonyl (C=O) groups is 2. The Balaban J connectivity index is 1.56. The van der Waals surface area contributed by atoms with Gasteiger partial charge in [-0.25, -0.2) is 33.0 Å². The molecule has 0 amide bonds. The molecule has 2 N–H and O–H groups in total. The van der Waals surface area contributed by atoms with Crippen molar-refractivity contribution in [1.29, 1.82) is 0 Å². The summed E-state index contributed by atoms with van der Waals surface area (Å²) in [6, 6.07) is 1.71. The van der Waals surface area contributed by atoms with E-state index in [9.17, 15) is 19.1 Å². The van der Waals surface area contributed by atoms with Crippen molar-refractivity contribution in [3.05, 3.63) is 63.0 Å². The molecule has 2 fully saturated rings. The zero-order chi connectivity index (χ0) is 31.3. The number of hydrogen-bond donors (Lipinski definition) is 2. The highest BCUT2D eigenvalue weighted by Gasteiger charge is 2.61. The second-order valence-electron chi connectivity index (χ2n) is 11.7. The van der Waals surface area contributed by atoms with Crippen LogP contribution in [0.5, 0.6) is 0 Å². The number of likely N-dealkylation sites (N-methyl/N-ethyl adjacent to an activating group) is 1. The van der Waals surface area contributed by atoms with Crippen LogP contribution in [0.1, 0.15) is 42.9 Å². The van der Waals surface area contributed by atoms with Crippen LogP contribution in [0.25, 0.3) is 0 Å². The molecule has 3 aliphatic rings. The molecule has 0 saturated carbocycles. The number of thiazole rings is 1. The van der Waals surface area contributed by atoms with E-state index < -0.39 is 53.8 Å². The van der Waals surface area contributed by atoms with Crippen molar-refractivity contribution < 1.29 is 32.6 Å². The van der Waals surface area contributed by atoms with E-state index in [0.717, 1.165) is 0 Å². The molecular weight excluding hydrogens is 585 g/mol. The number of aromatic nitrogens is 1. The van der Waals surface area contributed by atoms with Crippen molar-refractivity contribution in [2.45, 2.75) is 51.7 Å². The van der Waals surface area contributed by atoms with Crippen LogP contribution in [0, 0.1) is 18.2 Å². The highest BCUT2D eigenvalue weighted by atomic mass is 32.1. The average Bonchev–Trinajstić information content (AvgIpc) is 3.63. The molecule has 2 saturated heterocycles. The number of alkyl halides is 2. The lowest BCUT2D eigenvalue weighted by Gasteiger charge is -2.35. The number of hydrogen-bond acceptors (Lipinski definition) is 10. The van der Waals surface area contributed by atoms with Gasteiger partial charge in [-0.2, -0.15) is 0 Å². The Kier molecular flexibility index (Phi) is 8.42. The van der Waals surface area contributed by atoms with Gasteiger partial charge in [0.25, 0.3) is 5.92 Å². The molecule has 0 aliphatic carbocycles. The SMILES string of the molecule is CCOC(=O)C1=C(CN2CC(F)(F)C3C2CN(CC(C)(C)C(=O)O)N3C)NC(c2nccs2)=N[C@H]1c1cccc(F)c1C. The lowest BCUT2D eigenvalue weighted by Crippen LogP contribution is -2.50. The fourth-order valence-electron chi connectivity index (χ4n) is 6.06. The summed E-state index contributed by atoms with van der Waals surface area (Å²) in [6.07, 6.45) is 1.60. The predicted octanol–water partition coefficient (Wildman–Crippen LogP) is 3.46. The van der Waals surface area contributed by atoms with Crippen LogP contribution in [0.3, 0.4) is 0 Å². The van der Waals surface area contributed by atoms with Gasteiger partial charge in [-0.3, -0.25) is 14.7 Å². The monoisotopic (exact) mass is 620 g/mol. The lowest BCUT2D eigenvalue weighted by molar-refractivity contribution is -0.152. The number of hydrazine groups is 1. The second-order valence-corrected chi connectivity index (χ2v) is 12.6. The number of esters is 1. The molecule has 232 valence electrons. The molecule has 3 atom stereocenters. The third-order valence-corrected chi connectivity index (χ3v) is 9.08. The van der Waals surface area contributed by atoms with Crippen LogP contribution in [0.15, 0.2) is 46.0 Å². The summed E-state index contributed by atoms with van der Waals surface area (Å²) in [5, 5.41) is 18.2. The molecule has 3 aliphatic heterocycles. The van der Waals surface area contributed by atoms with Crippen LogP contribution in [-0.4, -0.2) is 101 Å². The van der Waals surface area contributed by atoms with E-state index in [1.54, 1.807) is 62.3 Å². The topological polar surface area (TPSA) is 111 Å². The van der Waals surface area contributed by atoms with Gasteiger partial charge in [0.15, 0.2) is 10.8 Å². The number of amidine groups is 1. The first-order chi connectivity index (χ1) is 20.2. The number of aliphatic imine (C=N–C) groups is 1. The molecule has 1 aromatic carbocycles. The van der Waals surface area contributed by atoms with E-state index in [-0.39, 0.29) is 31.8 Å². The maximum atomic E-state index is 15.6. The molecule has 2 aromatic rings. The van der Waals surface area contributed by atoms with Gasteiger partial charge in [0, 0.05) is 50.0 Å². The summed E-state index contributed by atoms with van der Waals surface area (Å²) in [5.74, 6) is -4.96. The second kappa shape index (κ2) is 11.6. The number of benzene rings is 1. The van der Waals surface area contributed by atoms with Crippen LogP contribution >= 0.6 is 11.3 Å². The lowest BCUT2D eigenvalue weighted by atomic mass is 9.92. The summed E-state index contributed by atoms with van der Waals surface area (Å²) in [4.78, 5) is 36.0. The smallest absolute Gasteiger partial charge is 0.338 e. The molecule has 1 aromatic heterocycles. The molecule has 43 heavy (non-hydrogen) atoms. The molecule has 4 heterocycles. The maximum absolute atomic E-state index is 15.6. The molecule has 14 heteroatoms. The van der Waals surface area contributed by atoms with E-state index in [1.807, 2.05) is 0 Å². The Morgan fingerprint density at radius 3 is 2.70 bits per heavy atom. The van der Waals surface area contributed by atoms with Crippen molar-refractivity contribution >= 4 is 29.1 Å². The zero-order valence-corrected chi connectivity index (χ0v) is 25.4. The summed E-state index contributed by atoms with van der Waals surface area (Å²) in [6.45, 7) is 6.02. The summed E-state index contributed by atoms with van der Waals surface area (Å²) < 4.78 is 51.4. The molecule has 0 bridgehead atoms.